The van der Waals surface area contributed by atoms with Crippen LogP contribution in [0.4, 0.5) is 0 Å². The first-order valence-electron chi connectivity index (χ1n) is 8.13. The van der Waals surface area contributed by atoms with Crippen LogP contribution in [0.1, 0.15) is 18.1 Å². The lowest BCUT2D eigenvalue weighted by molar-refractivity contribution is -0.134. The highest BCUT2D eigenvalue weighted by molar-refractivity contribution is 6.17. The number of hydrogen-bond acceptors (Lipinski definition) is 2. The summed E-state index contributed by atoms with van der Waals surface area (Å²) in [5, 5.41) is 24.8. The van der Waals surface area contributed by atoms with Crippen molar-refractivity contribution in [1.82, 2.24) is 0 Å². The van der Waals surface area contributed by atoms with E-state index in [0.717, 1.165) is 23.3 Å². The minimum absolute atomic E-state index is 0.364. The number of aryl methyl sites for hydroxylation is 2. The number of phenolic OH excluding ortho intramolecular Hbond substituents is 1. The molecule has 0 aliphatic heterocycles. The molecule has 4 aromatic rings. The molecule has 0 aliphatic carbocycles. The second-order valence-corrected chi connectivity index (χ2v) is 6.18. The van der Waals surface area contributed by atoms with Crippen LogP contribution in [0.5, 0.6) is 5.75 Å². The molecule has 3 heteroatoms. The number of carbonyl (C=O) groups is 1. The summed E-state index contributed by atoms with van der Waals surface area (Å²) in [5.74, 6) is -0.469. The van der Waals surface area contributed by atoms with Gasteiger partial charge in [-0.25, -0.2) is 0 Å². The van der Waals surface area contributed by atoms with Crippen molar-refractivity contribution in [1.29, 1.82) is 0 Å². The summed E-state index contributed by atoms with van der Waals surface area (Å²) in [6.07, 6.45) is 0. The van der Waals surface area contributed by atoms with Gasteiger partial charge in [0.25, 0.3) is 5.97 Å². The van der Waals surface area contributed by atoms with Gasteiger partial charge in [-0.15, -0.1) is 0 Å². The molecule has 4 rings (SSSR count). The zero-order chi connectivity index (χ0) is 18.1. The van der Waals surface area contributed by atoms with Crippen LogP contribution in [0, 0.1) is 13.8 Å². The van der Waals surface area contributed by atoms with E-state index in [2.05, 4.69) is 56.3 Å². The molecule has 25 heavy (non-hydrogen) atoms. The maximum absolute atomic E-state index is 10.2. The Bertz CT molecular complexity index is 1110. The van der Waals surface area contributed by atoms with E-state index in [1.165, 1.54) is 27.1 Å². The maximum atomic E-state index is 10.2. The third-order valence-corrected chi connectivity index (χ3v) is 4.53. The van der Waals surface area contributed by atoms with Crippen molar-refractivity contribution < 1.29 is 15.0 Å². The zero-order valence-corrected chi connectivity index (χ0v) is 14.5. The van der Waals surface area contributed by atoms with Gasteiger partial charge in [-0.2, -0.15) is 0 Å². The first-order chi connectivity index (χ1) is 11.9. The van der Waals surface area contributed by atoms with Crippen LogP contribution >= 0.6 is 0 Å². The summed E-state index contributed by atoms with van der Waals surface area (Å²) in [4.78, 5) is 9.00. The van der Waals surface area contributed by atoms with E-state index in [4.69, 9.17) is 9.90 Å². The number of rotatable bonds is 0. The Morgan fingerprint density at radius 1 is 0.760 bits per heavy atom. The van der Waals surface area contributed by atoms with Gasteiger partial charge < -0.3 is 10.2 Å². The summed E-state index contributed by atoms with van der Waals surface area (Å²) in [7, 11) is 0. The number of benzene rings is 4. The summed E-state index contributed by atoms with van der Waals surface area (Å²) in [6, 6.07) is 18.6. The minimum Gasteiger partial charge on any atom is -0.507 e. The number of carboxylic acids is 1. The molecule has 0 saturated heterocycles. The standard InChI is InChI=1S/C20H16O.C2H4O2/c1-12-15-8-5-9-18(21)20(15)13(2)16-11-10-14-6-3-4-7-17(14)19(12)16;1-2(3)4/h3-11,21H,1-2H3;1H3,(H,3,4). The number of carboxylic acid groups (broad SMARTS) is 1. The van der Waals surface area contributed by atoms with Crippen molar-refractivity contribution in [2.75, 3.05) is 0 Å². The molecule has 0 saturated carbocycles. The van der Waals surface area contributed by atoms with Crippen LogP contribution in [0.2, 0.25) is 0 Å². The molecule has 3 nitrogen and oxygen atoms in total. The minimum atomic E-state index is -0.833. The largest absolute Gasteiger partial charge is 0.507 e. The Labute approximate surface area is 146 Å². The first kappa shape index (κ1) is 16.8. The quantitative estimate of drug-likeness (QED) is 0.327. The summed E-state index contributed by atoms with van der Waals surface area (Å²) >= 11 is 0. The van der Waals surface area contributed by atoms with Crippen molar-refractivity contribution in [3.63, 3.8) is 0 Å². The maximum Gasteiger partial charge on any atom is 0.300 e. The lowest BCUT2D eigenvalue weighted by Crippen LogP contribution is -1.90. The highest BCUT2D eigenvalue weighted by atomic mass is 16.4. The lowest BCUT2D eigenvalue weighted by atomic mass is 9.90. The van der Waals surface area contributed by atoms with Crippen LogP contribution in [0.3, 0.4) is 0 Å². The Balaban J connectivity index is 0.000000415. The Morgan fingerprint density at radius 3 is 2.04 bits per heavy atom. The third kappa shape index (κ3) is 2.89. The van der Waals surface area contributed by atoms with E-state index in [0.29, 0.717) is 5.75 Å². The molecule has 0 aromatic heterocycles. The van der Waals surface area contributed by atoms with Crippen molar-refractivity contribution in [3.8, 4) is 5.75 Å². The predicted molar refractivity (Wildman–Crippen MR) is 103 cm³/mol. The Morgan fingerprint density at radius 2 is 1.32 bits per heavy atom. The van der Waals surface area contributed by atoms with E-state index in [1.807, 2.05) is 6.07 Å². The van der Waals surface area contributed by atoms with Gasteiger partial charge >= 0.3 is 0 Å². The first-order valence-corrected chi connectivity index (χ1v) is 8.13. The second kappa shape index (κ2) is 6.44. The van der Waals surface area contributed by atoms with Gasteiger partial charge in [-0.05, 0) is 58.0 Å². The van der Waals surface area contributed by atoms with Gasteiger partial charge in [0, 0.05) is 12.3 Å². The van der Waals surface area contributed by atoms with Gasteiger partial charge in [0.05, 0.1) is 0 Å². The number of aliphatic carboxylic acids is 1. The molecule has 0 spiro atoms. The average molecular weight is 332 g/mol. The van der Waals surface area contributed by atoms with Gasteiger partial charge in [-0.3, -0.25) is 4.79 Å². The van der Waals surface area contributed by atoms with Crippen LogP contribution in [-0.4, -0.2) is 16.2 Å². The number of fused-ring (bicyclic) bond motifs is 4. The van der Waals surface area contributed by atoms with E-state index < -0.39 is 5.97 Å². The van der Waals surface area contributed by atoms with Crippen LogP contribution in [0.15, 0.2) is 54.6 Å². The van der Waals surface area contributed by atoms with E-state index in [9.17, 15) is 5.11 Å². The Hall–Kier alpha value is -3.07. The third-order valence-electron chi connectivity index (χ3n) is 4.53. The fourth-order valence-corrected chi connectivity index (χ4v) is 3.50. The van der Waals surface area contributed by atoms with Gasteiger partial charge in [0.15, 0.2) is 0 Å². The number of hydrogen-bond donors (Lipinski definition) is 2. The SMILES string of the molecule is CC(=O)O.Cc1c2ccc3ccccc3c2c(C)c2cccc(O)c12. The predicted octanol–water partition coefficient (Wildman–Crippen LogP) is 5.56. The Kier molecular flexibility index (Phi) is 4.32. The van der Waals surface area contributed by atoms with Crippen LogP contribution in [0.25, 0.3) is 32.3 Å². The van der Waals surface area contributed by atoms with Gasteiger partial charge in [-0.1, -0.05) is 48.5 Å². The van der Waals surface area contributed by atoms with Crippen molar-refractivity contribution >= 4 is 38.3 Å². The smallest absolute Gasteiger partial charge is 0.300 e. The molecule has 0 radical (unpaired) electrons. The van der Waals surface area contributed by atoms with E-state index in [1.54, 1.807) is 6.07 Å². The topological polar surface area (TPSA) is 57.5 Å². The average Bonchev–Trinajstić information content (AvgIpc) is 2.58. The van der Waals surface area contributed by atoms with Gasteiger partial charge in [0.2, 0.25) is 0 Å². The molecular weight excluding hydrogens is 312 g/mol. The summed E-state index contributed by atoms with van der Waals surface area (Å²) in [5.41, 5.74) is 2.38. The molecule has 0 atom stereocenters. The monoisotopic (exact) mass is 332 g/mol. The highest BCUT2D eigenvalue weighted by Crippen LogP contribution is 2.39. The molecule has 0 bridgehead atoms. The molecule has 4 aromatic carbocycles. The molecule has 0 unspecified atom stereocenters. The van der Waals surface area contributed by atoms with Crippen molar-refractivity contribution in [3.05, 3.63) is 65.7 Å². The molecule has 0 fully saturated rings. The van der Waals surface area contributed by atoms with Gasteiger partial charge in [0.1, 0.15) is 5.75 Å². The molecule has 0 heterocycles. The lowest BCUT2D eigenvalue weighted by Gasteiger charge is -2.15. The van der Waals surface area contributed by atoms with E-state index >= 15 is 0 Å². The normalized spacial score (nSPS) is 10.7. The van der Waals surface area contributed by atoms with Crippen LogP contribution in [-0.2, 0) is 4.79 Å². The fraction of sp³-hybridized carbons (Fsp3) is 0.136. The second-order valence-electron chi connectivity index (χ2n) is 6.18. The zero-order valence-electron chi connectivity index (χ0n) is 14.5. The molecule has 2 N–H and O–H groups in total. The van der Waals surface area contributed by atoms with E-state index in [-0.39, 0.29) is 0 Å². The molecule has 126 valence electrons. The number of phenols is 1. The number of aromatic hydroxyl groups is 1. The van der Waals surface area contributed by atoms with Crippen molar-refractivity contribution in [2.24, 2.45) is 0 Å². The van der Waals surface area contributed by atoms with Crippen LogP contribution < -0.4 is 0 Å². The summed E-state index contributed by atoms with van der Waals surface area (Å²) in [6.45, 7) is 5.33. The fourth-order valence-electron chi connectivity index (χ4n) is 3.50. The van der Waals surface area contributed by atoms with Crippen molar-refractivity contribution in [2.45, 2.75) is 20.8 Å². The summed E-state index contributed by atoms with van der Waals surface area (Å²) < 4.78 is 0. The molecule has 0 amide bonds. The molecular formula is C22H20O3. The molecule has 0 aliphatic rings. The highest BCUT2D eigenvalue weighted by Gasteiger charge is 2.13.